The van der Waals surface area contributed by atoms with Crippen molar-refractivity contribution in [3.05, 3.63) is 35.8 Å². The molecule has 0 spiro atoms. The van der Waals surface area contributed by atoms with Crippen LogP contribution in [0.4, 0.5) is 0 Å². The molecule has 0 radical (unpaired) electrons. The van der Waals surface area contributed by atoms with E-state index in [0.717, 1.165) is 0 Å². The third-order valence-corrected chi connectivity index (χ3v) is 2.01. The highest BCUT2D eigenvalue weighted by atomic mass is 35.5. The van der Waals surface area contributed by atoms with Crippen molar-refractivity contribution in [3.8, 4) is 0 Å². The van der Waals surface area contributed by atoms with Gasteiger partial charge in [-0.2, -0.15) is 0 Å². The number of benzene rings is 1. The molecule has 1 aromatic rings. The molecule has 0 aromatic heterocycles. The molecule has 1 aromatic carbocycles. The molecule has 0 bridgehead atoms. The van der Waals surface area contributed by atoms with E-state index in [-0.39, 0.29) is 36.1 Å². The summed E-state index contributed by atoms with van der Waals surface area (Å²) in [5, 5.41) is 13.0. The Morgan fingerprint density at radius 3 is 2.43 bits per heavy atom. The maximum absolute atomic E-state index is 10.2. The van der Waals surface area contributed by atoms with Gasteiger partial charge in [0.2, 0.25) is 0 Å². The van der Waals surface area contributed by atoms with Crippen LogP contribution >= 0.6 is 12.4 Å². The summed E-state index contributed by atoms with van der Waals surface area (Å²) in [4.78, 5) is 0. The van der Waals surface area contributed by atoms with Gasteiger partial charge in [-0.25, -0.2) is 0 Å². The predicted molar refractivity (Wildman–Crippen MR) is 61.8 cm³/mol. The fourth-order valence-corrected chi connectivity index (χ4v) is 1.19. The molecule has 2 N–H and O–H groups in total. The van der Waals surface area contributed by atoms with E-state index in [1.54, 1.807) is 7.05 Å². The maximum Gasteiger partial charge on any atom is 0.0942 e. The number of hydrogen-bond donors (Lipinski definition) is 2. The van der Waals surface area contributed by atoms with Crippen LogP contribution in [0.5, 0.6) is 0 Å². The molecule has 0 aliphatic rings. The average Bonchev–Trinajstić information content (AvgIpc) is 2.36. The molecule has 0 heterocycles. The highest BCUT2D eigenvalue weighted by Crippen LogP contribution is 2.17. The Labute approximate surface area is 98.8 Å². The van der Waals surface area contributed by atoms with E-state index in [1.807, 2.05) is 6.92 Å². The summed E-state index contributed by atoms with van der Waals surface area (Å²) in [5.74, 6) is 0. The summed E-state index contributed by atoms with van der Waals surface area (Å²) in [6, 6.07) is -2.33. The highest BCUT2D eigenvalue weighted by Gasteiger charge is 2.16. The van der Waals surface area contributed by atoms with Crippen molar-refractivity contribution in [1.82, 2.24) is 5.32 Å². The van der Waals surface area contributed by atoms with Crippen LogP contribution in [0.1, 0.15) is 31.9 Å². The number of nitrogens with one attached hydrogen (secondary N) is 1. The molecule has 2 nitrogen and oxygen atoms in total. The zero-order valence-electron chi connectivity index (χ0n) is 13.2. The Morgan fingerprint density at radius 2 is 2.00 bits per heavy atom. The molecule has 80 valence electrons. The second-order valence-electron chi connectivity index (χ2n) is 2.79. The van der Waals surface area contributed by atoms with Gasteiger partial charge < -0.3 is 10.4 Å². The lowest BCUT2D eigenvalue weighted by Crippen LogP contribution is -2.31. The van der Waals surface area contributed by atoms with Crippen LogP contribution in [-0.2, 0) is 0 Å². The Bertz CT molecular complexity index is 424. The number of rotatable bonds is 4. The second-order valence-corrected chi connectivity index (χ2v) is 2.79. The van der Waals surface area contributed by atoms with Crippen molar-refractivity contribution < 1.29 is 12.0 Å². The molecule has 0 amide bonds. The average molecular weight is 221 g/mol. The van der Waals surface area contributed by atoms with Gasteiger partial charge in [-0.3, -0.25) is 0 Å². The Hall–Kier alpha value is -0.570. The molecule has 0 aliphatic carbocycles. The van der Waals surface area contributed by atoms with Crippen LogP contribution in [0, 0.1) is 0 Å². The predicted octanol–water partition coefficient (Wildman–Crippen LogP) is 2.14. The number of hydrogen-bond acceptors (Lipinski definition) is 2. The van der Waals surface area contributed by atoms with Gasteiger partial charge in [0.25, 0.3) is 0 Å². The normalized spacial score (nSPS) is 19.2. The summed E-state index contributed by atoms with van der Waals surface area (Å²) >= 11 is 0. The zero-order valence-corrected chi connectivity index (χ0v) is 9.03. The standard InChI is InChI=1S/C11H17NO.ClH/c1-3-10(12-2)11(13)9-7-5-4-6-8-9;/h4-8,10-13H,3H2,1-2H3;1H/i4D,5D,6D,7D,8D;. The second kappa shape index (κ2) is 6.82. The zero-order chi connectivity index (χ0) is 14.0. The summed E-state index contributed by atoms with van der Waals surface area (Å²) in [5.41, 5.74) is -0.0535. The maximum atomic E-state index is 10.2. The smallest absolute Gasteiger partial charge is 0.0942 e. The third-order valence-electron chi connectivity index (χ3n) is 2.01. The topological polar surface area (TPSA) is 32.3 Å². The number of aliphatic hydroxyl groups excluding tert-OH is 1. The Kier molecular flexibility index (Phi) is 3.33. The minimum Gasteiger partial charge on any atom is -0.387 e. The van der Waals surface area contributed by atoms with Crippen molar-refractivity contribution in [2.45, 2.75) is 25.5 Å². The molecule has 3 heteroatoms. The first-order valence-corrected chi connectivity index (χ1v) is 4.28. The molecule has 0 saturated carbocycles. The summed E-state index contributed by atoms with van der Waals surface area (Å²) < 4.78 is 38.1. The van der Waals surface area contributed by atoms with Gasteiger partial charge in [-0.05, 0) is 19.0 Å². The van der Waals surface area contributed by atoms with Crippen LogP contribution < -0.4 is 5.32 Å². The monoisotopic (exact) mass is 220 g/mol. The molecule has 14 heavy (non-hydrogen) atoms. The first-order valence-electron chi connectivity index (χ1n) is 6.78. The minimum atomic E-state index is -1.13. The van der Waals surface area contributed by atoms with Crippen molar-refractivity contribution in [2.75, 3.05) is 7.05 Å². The van der Waals surface area contributed by atoms with E-state index in [0.29, 0.717) is 6.42 Å². The number of halogens is 1. The molecule has 2 atom stereocenters. The molecule has 1 rings (SSSR count). The van der Waals surface area contributed by atoms with Gasteiger partial charge in [0.05, 0.1) is 13.0 Å². The summed E-state index contributed by atoms with van der Waals surface area (Å²) in [6.07, 6.45) is -0.548. The molecular weight excluding hydrogens is 198 g/mol. The van der Waals surface area contributed by atoms with Gasteiger partial charge in [0, 0.05) is 6.04 Å². The molecule has 0 fully saturated rings. The van der Waals surface area contributed by atoms with Gasteiger partial charge in [0.1, 0.15) is 0 Å². The quantitative estimate of drug-likeness (QED) is 0.815. The van der Waals surface area contributed by atoms with Crippen molar-refractivity contribution >= 4 is 12.4 Å². The van der Waals surface area contributed by atoms with E-state index < -0.39 is 24.2 Å². The Balaban J connectivity index is 0.00000324. The van der Waals surface area contributed by atoms with E-state index in [1.165, 1.54) is 0 Å². The van der Waals surface area contributed by atoms with Crippen LogP contribution in [-0.4, -0.2) is 18.2 Å². The largest absolute Gasteiger partial charge is 0.387 e. The molecular formula is C11H18ClNO. The van der Waals surface area contributed by atoms with Crippen LogP contribution in [0.2, 0.25) is 0 Å². The number of likely N-dealkylation sites (N-methyl/N-ethyl adjacent to an activating group) is 1. The fraction of sp³-hybridized carbons (Fsp3) is 0.455. The van der Waals surface area contributed by atoms with Crippen molar-refractivity contribution in [3.63, 3.8) is 0 Å². The van der Waals surface area contributed by atoms with E-state index in [9.17, 15) is 5.11 Å². The van der Waals surface area contributed by atoms with E-state index >= 15 is 0 Å². The van der Waals surface area contributed by atoms with E-state index in [4.69, 9.17) is 6.85 Å². The summed E-state index contributed by atoms with van der Waals surface area (Å²) in [6.45, 7) is 1.85. The molecule has 0 aliphatic heterocycles. The molecule has 2 unspecified atom stereocenters. The summed E-state index contributed by atoms with van der Waals surface area (Å²) in [7, 11) is 1.66. The Morgan fingerprint density at radius 1 is 1.43 bits per heavy atom. The number of aliphatic hydroxyl groups is 1. The SMILES string of the molecule is Cl.[2H]c1c([2H])c([2H])c(C(O)C(CC)NC)c([2H])c1[2H]. The lowest BCUT2D eigenvalue weighted by atomic mass is 10.0. The van der Waals surface area contributed by atoms with Crippen molar-refractivity contribution in [2.24, 2.45) is 0 Å². The molecule has 0 saturated heterocycles. The van der Waals surface area contributed by atoms with Crippen LogP contribution in [0.25, 0.3) is 0 Å². The van der Waals surface area contributed by atoms with E-state index in [2.05, 4.69) is 5.32 Å². The van der Waals surface area contributed by atoms with Gasteiger partial charge in [-0.1, -0.05) is 37.1 Å². The first kappa shape index (κ1) is 6.83. The van der Waals surface area contributed by atoms with Crippen LogP contribution in [0.15, 0.2) is 30.2 Å². The lowest BCUT2D eigenvalue weighted by molar-refractivity contribution is 0.130. The lowest BCUT2D eigenvalue weighted by Gasteiger charge is -2.21. The van der Waals surface area contributed by atoms with Gasteiger partial charge >= 0.3 is 0 Å². The first-order chi connectivity index (χ1) is 8.36. The van der Waals surface area contributed by atoms with Crippen molar-refractivity contribution in [1.29, 1.82) is 0 Å². The van der Waals surface area contributed by atoms with Gasteiger partial charge in [-0.15, -0.1) is 12.4 Å². The fourth-order valence-electron chi connectivity index (χ4n) is 1.19. The minimum absolute atomic E-state index is 0. The highest BCUT2D eigenvalue weighted by molar-refractivity contribution is 5.85. The van der Waals surface area contributed by atoms with Gasteiger partial charge in [0.15, 0.2) is 0 Å². The van der Waals surface area contributed by atoms with Crippen LogP contribution in [0.3, 0.4) is 0 Å². The third kappa shape index (κ3) is 3.29.